The van der Waals surface area contributed by atoms with Gasteiger partial charge in [-0.05, 0) is 37.6 Å². The van der Waals surface area contributed by atoms with Gasteiger partial charge >= 0.3 is 6.61 Å². The first-order chi connectivity index (χ1) is 9.56. The van der Waals surface area contributed by atoms with Gasteiger partial charge in [-0.2, -0.15) is 8.78 Å². The topological polar surface area (TPSA) is 50.4 Å². The predicted octanol–water partition coefficient (Wildman–Crippen LogP) is 3.44. The Hall–Kier alpha value is -1.11. The van der Waals surface area contributed by atoms with E-state index in [1.165, 1.54) is 18.2 Å². The summed E-state index contributed by atoms with van der Waals surface area (Å²) in [6, 6.07) is 3.95. The SMILES string of the molecule is Cl.O=C(Nc1ccc(OC(F)F)c(Cl)c1)[C@H]1CCCCN1. The minimum Gasteiger partial charge on any atom is -0.433 e. The smallest absolute Gasteiger partial charge is 0.387 e. The van der Waals surface area contributed by atoms with Crippen LogP contribution in [0.15, 0.2) is 18.2 Å². The average molecular weight is 341 g/mol. The second-order valence-electron chi connectivity index (χ2n) is 4.52. The quantitative estimate of drug-likeness (QED) is 0.882. The Bertz CT molecular complexity index is 483. The van der Waals surface area contributed by atoms with E-state index in [0.29, 0.717) is 5.69 Å². The summed E-state index contributed by atoms with van der Waals surface area (Å²) in [6.07, 6.45) is 2.86. The first-order valence-electron chi connectivity index (χ1n) is 6.35. The Kier molecular flexibility index (Phi) is 7.14. The molecule has 1 saturated heterocycles. The molecule has 0 radical (unpaired) electrons. The van der Waals surface area contributed by atoms with Gasteiger partial charge in [-0.3, -0.25) is 4.79 Å². The zero-order valence-corrected chi connectivity index (χ0v) is 12.6. The first-order valence-corrected chi connectivity index (χ1v) is 6.72. The second kappa shape index (κ2) is 8.36. The summed E-state index contributed by atoms with van der Waals surface area (Å²) >= 11 is 5.82. The number of ether oxygens (including phenoxy) is 1. The van der Waals surface area contributed by atoms with E-state index < -0.39 is 6.61 Å². The molecule has 1 aliphatic rings. The summed E-state index contributed by atoms with van der Waals surface area (Å²) < 4.78 is 28.4. The van der Waals surface area contributed by atoms with Crippen LogP contribution in [0.1, 0.15) is 19.3 Å². The number of nitrogens with one attached hydrogen (secondary N) is 2. The van der Waals surface area contributed by atoms with Crippen molar-refractivity contribution in [3.8, 4) is 5.75 Å². The Morgan fingerprint density at radius 1 is 1.43 bits per heavy atom. The lowest BCUT2D eigenvalue weighted by molar-refractivity contribution is -0.118. The third-order valence-electron chi connectivity index (χ3n) is 3.04. The van der Waals surface area contributed by atoms with Gasteiger partial charge in [-0.15, -0.1) is 12.4 Å². The Morgan fingerprint density at radius 3 is 2.76 bits per heavy atom. The molecule has 1 amide bonds. The molecule has 1 heterocycles. The maximum atomic E-state index is 12.1. The molecule has 118 valence electrons. The molecular weight excluding hydrogens is 325 g/mol. The van der Waals surface area contributed by atoms with Crippen LogP contribution < -0.4 is 15.4 Å². The maximum Gasteiger partial charge on any atom is 0.387 e. The summed E-state index contributed by atoms with van der Waals surface area (Å²) in [5.74, 6) is -0.265. The summed E-state index contributed by atoms with van der Waals surface area (Å²) in [5, 5.41) is 5.85. The Labute approximate surface area is 132 Å². The summed E-state index contributed by atoms with van der Waals surface area (Å²) in [5.41, 5.74) is 0.453. The van der Waals surface area contributed by atoms with E-state index in [4.69, 9.17) is 11.6 Å². The van der Waals surface area contributed by atoms with E-state index in [-0.39, 0.29) is 35.1 Å². The zero-order valence-electron chi connectivity index (χ0n) is 11.1. The number of rotatable bonds is 4. The van der Waals surface area contributed by atoms with Gasteiger partial charge in [0.1, 0.15) is 5.75 Å². The van der Waals surface area contributed by atoms with Crippen molar-refractivity contribution in [3.05, 3.63) is 23.2 Å². The zero-order chi connectivity index (χ0) is 14.5. The van der Waals surface area contributed by atoms with Crippen molar-refractivity contribution in [2.45, 2.75) is 31.9 Å². The maximum absolute atomic E-state index is 12.1. The summed E-state index contributed by atoms with van der Waals surface area (Å²) in [4.78, 5) is 12.0. The fraction of sp³-hybridized carbons (Fsp3) is 0.462. The fourth-order valence-electron chi connectivity index (χ4n) is 2.08. The van der Waals surface area contributed by atoms with Crippen molar-refractivity contribution in [1.82, 2.24) is 5.32 Å². The molecule has 1 aliphatic heterocycles. The number of carbonyl (C=O) groups excluding carboxylic acids is 1. The number of anilines is 1. The third-order valence-corrected chi connectivity index (χ3v) is 3.34. The van der Waals surface area contributed by atoms with Crippen LogP contribution in [0, 0.1) is 0 Å². The molecule has 2 rings (SSSR count). The number of hydrogen-bond acceptors (Lipinski definition) is 3. The predicted molar refractivity (Wildman–Crippen MR) is 79.6 cm³/mol. The van der Waals surface area contributed by atoms with Gasteiger partial charge in [0, 0.05) is 5.69 Å². The number of amides is 1. The largest absolute Gasteiger partial charge is 0.433 e. The van der Waals surface area contributed by atoms with Gasteiger partial charge < -0.3 is 15.4 Å². The van der Waals surface area contributed by atoms with Crippen LogP contribution >= 0.6 is 24.0 Å². The van der Waals surface area contributed by atoms with Gasteiger partial charge in [0.25, 0.3) is 0 Å². The molecule has 0 unspecified atom stereocenters. The lowest BCUT2D eigenvalue weighted by Gasteiger charge is -2.22. The first kappa shape index (κ1) is 17.9. The van der Waals surface area contributed by atoms with E-state index in [9.17, 15) is 13.6 Å². The molecule has 0 aromatic heterocycles. The van der Waals surface area contributed by atoms with Crippen LogP contribution in [0.5, 0.6) is 5.75 Å². The molecule has 8 heteroatoms. The van der Waals surface area contributed by atoms with E-state index >= 15 is 0 Å². The minimum absolute atomic E-state index is 0. The Balaban J connectivity index is 0.00000220. The highest BCUT2D eigenvalue weighted by atomic mass is 35.5. The van der Waals surface area contributed by atoms with Gasteiger partial charge in [0.15, 0.2) is 0 Å². The van der Waals surface area contributed by atoms with Crippen LogP contribution in [0.25, 0.3) is 0 Å². The number of alkyl halides is 2. The normalized spacial score (nSPS) is 18.0. The lowest BCUT2D eigenvalue weighted by Crippen LogP contribution is -2.43. The van der Waals surface area contributed by atoms with Gasteiger partial charge in [-0.25, -0.2) is 0 Å². The highest BCUT2D eigenvalue weighted by Crippen LogP contribution is 2.29. The highest BCUT2D eigenvalue weighted by Gasteiger charge is 2.20. The number of carbonyl (C=O) groups is 1. The van der Waals surface area contributed by atoms with Gasteiger partial charge in [0.05, 0.1) is 11.1 Å². The Morgan fingerprint density at radius 2 is 2.19 bits per heavy atom. The van der Waals surface area contributed by atoms with Crippen molar-refractivity contribution >= 4 is 35.6 Å². The van der Waals surface area contributed by atoms with Crippen molar-refractivity contribution in [3.63, 3.8) is 0 Å². The van der Waals surface area contributed by atoms with Crippen LogP contribution in [-0.4, -0.2) is 25.1 Å². The van der Waals surface area contributed by atoms with Crippen molar-refractivity contribution in [1.29, 1.82) is 0 Å². The molecule has 1 atom stereocenters. The monoisotopic (exact) mass is 340 g/mol. The van der Waals surface area contributed by atoms with Crippen LogP contribution in [-0.2, 0) is 4.79 Å². The van der Waals surface area contributed by atoms with Crippen LogP contribution in [0.4, 0.5) is 14.5 Å². The number of benzene rings is 1. The molecule has 1 aromatic carbocycles. The number of hydrogen-bond donors (Lipinski definition) is 2. The molecule has 1 fully saturated rings. The molecule has 0 saturated carbocycles. The number of halogens is 4. The molecule has 4 nitrogen and oxygen atoms in total. The van der Waals surface area contributed by atoms with Gasteiger partial charge in [0.2, 0.25) is 5.91 Å². The molecule has 2 N–H and O–H groups in total. The summed E-state index contributed by atoms with van der Waals surface area (Å²) in [7, 11) is 0. The van der Waals surface area contributed by atoms with E-state index in [1.54, 1.807) is 0 Å². The third kappa shape index (κ3) is 5.30. The highest BCUT2D eigenvalue weighted by molar-refractivity contribution is 6.32. The second-order valence-corrected chi connectivity index (χ2v) is 4.92. The molecule has 0 bridgehead atoms. The lowest BCUT2D eigenvalue weighted by atomic mass is 10.0. The standard InChI is InChI=1S/C13H15ClF2N2O2.ClH/c14-9-7-8(4-5-11(9)20-13(15)16)18-12(19)10-3-1-2-6-17-10;/h4-5,7,10,13,17H,1-3,6H2,(H,18,19);1H/t10-;/m1./s1. The average Bonchev–Trinajstić information content (AvgIpc) is 2.42. The number of piperidine rings is 1. The fourth-order valence-corrected chi connectivity index (χ4v) is 2.30. The summed E-state index contributed by atoms with van der Waals surface area (Å²) in [6.45, 7) is -2.11. The molecule has 1 aromatic rings. The van der Waals surface area contributed by atoms with E-state index in [1.807, 2.05) is 0 Å². The van der Waals surface area contributed by atoms with Crippen LogP contribution in [0.3, 0.4) is 0 Å². The van der Waals surface area contributed by atoms with Crippen molar-refractivity contribution in [2.24, 2.45) is 0 Å². The molecule has 21 heavy (non-hydrogen) atoms. The van der Waals surface area contributed by atoms with Crippen LogP contribution in [0.2, 0.25) is 5.02 Å². The van der Waals surface area contributed by atoms with Gasteiger partial charge in [-0.1, -0.05) is 18.0 Å². The molecular formula is C13H16Cl2F2N2O2. The van der Waals surface area contributed by atoms with E-state index in [2.05, 4.69) is 15.4 Å². The van der Waals surface area contributed by atoms with E-state index in [0.717, 1.165) is 25.8 Å². The minimum atomic E-state index is -2.93. The molecule has 0 spiro atoms. The van der Waals surface area contributed by atoms with Crippen molar-refractivity contribution in [2.75, 3.05) is 11.9 Å². The molecule has 0 aliphatic carbocycles. The van der Waals surface area contributed by atoms with Crippen molar-refractivity contribution < 1.29 is 18.3 Å².